The molecule has 0 aliphatic rings. The minimum atomic E-state index is -0.533. The molecule has 0 rings (SSSR count). The fraction of sp³-hybridized carbons (Fsp3) is 0.231. The predicted molar refractivity (Wildman–Crippen MR) is 83.3 cm³/mol. The van der Waals surface area contributed by atoms with Crippen LogP contribution in [0.3, 0.4) is 0 Å². The molecule has 0 bridgehead atoms. The summed E-state index contributed by atoms with van der Waals surface area (Å²) in [6.45, 7) is 11.2. The predicted octanol–water partition coefficient (Wildman–Crippen LogP) is 4.82. The molecule has 0 unspecified atom stereocenters. The Kier molecular flexibility index (Phi) is 7.62. The molecule has 0 saturated heterocycles. The SMILES string of the molecule is C=C(/C=C(/Br)C(=C)[N+](=O)[O-])/C(C)=C(/C=C\C)SC. The molecule has 0 aromatic rings. The van der Waals surface area contributed by atoms with Crippen LogP contribution in [0.5, 0.6) is 0 Å². The molecule has 0 radical (unpaired) electrons. The van der Waals surface area contributed by atoms with E-state index in [-0.39, 0.29) is 5.70 Å². The average molecular weight is 330 g/mol. The van der Waals surface area contributed by atoms with Crippen molar-refractivity contribution in [1.29, 1.82) is 0 Å². The molecule has 0 aliphatic carbocycles. The highest BCUT2D eigenvalue weighted by atomic mass is 79.9. The molecule has 0 aliphatic heterocycles. The van der Waals surface area contributed by atoms with Crippen molar-refractivity contribution < 1.29 is 4.92 Å². The summed E-state index contributed by atoms with van der Waals surface area (Å²) in [7, 11) is 0. The van der Waals surface area contributed by atoms with Gasteiger partial charge in [-0.25, -0.2) is 0 Å². The molecular weight excluding hydrogens is 314 g/mol. The van der Waals surface area contributed by atoms with Gasteiger partial charge in [-0.3, -0.25) is 10.1 Å². The van der Waals surface area contributed by atoms with Gasteiger partial charge in [0.2, 0.25) is 0 Å². The third kappa shape index (κ3) is 5.06. The van der Waals surface area contributed by atoms with Crippen molar-refractivity contribution in [3.05, 3.63) is 67.7 Å². The van der Waals surface area contributed by atoms with E-state index >= 15 is 0 Å². The third-order valence-electron chi connectivity index (χ3n) is 2.19. The summed E-state index contributed by atoms with van der Waals surface area (Å²) < 4.78 is 0.331. The molecule has 0 spiro atoms. The molecule has 18 heavy (non-hydrogen) atoms. The van der Waals surface area contributed by atoms with Crippen molar-refractivity contribution >= 4 is 27.7 Å². The lowest BCUT2D eigenvalue weighted by Crippen LogP contribution is -1.97. The zero-order valence-corrected chi connectivity index (χ0v) is 13.1. The summed E-state index contributed by atoms with van der Waals surface area (Å²) in [5, 5.41) is 10.6. The molecular formula is C13H16BrNO2S. The van der Waals surface area contributed by atoms with Gasteiger partial charge < -0.3 is 0 Å². The van der Waals surface area contributed by atoms with Gasteiger partial charge in [0.05, 0.1) is 9.41 Å². The van der Waals surface area contributed by atoms with Crippen LogP contribution in [0.4, 0.5) is 0 Å². The Bertz CT molecular complexity index is 462. The van der Waals surface area contributed by atoms with E-state index in [0.717, 1.165) is 10.5 Å². The molecule has 0 aromatic carbocycles. The Morgan fingerprint density at radius 1 is 1.44 bits per heavy atom. The average Bonchev–Trinajstić information content (AvgIpc) is 2.33. The van der Waals surface area contributed by atoms with Gasteiger partial charge >= 0.3 is 0 Å². The van der Waals surface area contributed by atoms with Gasteiger partial charge in [0, 0.05) is 4.91 Å². The van der Waals surface area contributed by atoms with E-state index in [2.05, 4.69) is 29.1 Å². The monoisotopic (exact) mass is 329 g/mol. The van der Waals surface area contributed by atoms with Gasteiger partial charge in [-0.1, -0.05) is 18.7 Å². The lowest BCUT2D eigenvalue weighted by atomic mass is 10.1. The van der Waals surface area contributed by atoms with Crippen LogP contribution in [0.15, 0.2) is 57.6 Å². The molecule has 0 heterocycles. The number of hydrogen-bond donors (Lipinski definition) is 0. The maximum absolute atomic E-state index is 10.6. The summed E-state index contributed by atoms with van der Waals surface area (Å²) in [6, 6.07) is 0. The molecule has 0 aromatic heterocycles. The van der Waals surface area contributed by atoms with Gasteiger partial charge in [0.1, 0.15) is 0 Å². The smallest absolute Gasteiger partial charge is 0.258 e. The first kappa shape index (κ1) is 16.9. The maximum Gasteiger partial charge on any atom is 0.276 e. The zero-order chi connectivity index (χ0) is 14.3. The summed E-state index contributed by atoms with van der Waals surface area (Å²) in [5.41, 5.74) is 1.52. The van der Waals surface area contributed by atoms with Gasteiger partial charge in [-0.05, 0) is 59.8 Å². The van der Waals surface area contributed by atoms with Gasteiger partial charge in [-0.2, -0.15) is 0 Å². The molecule has 5 heteroatoms. The van der Waals surface area contributed by atoms with Crippen LogP contribution in [0, 0.1) is 10.1 Å². The Labute approximate surface area is 120 Å². The van der Waals surface area contributed by atoms with E-state index < -0.39 is 4.92 Å². The second-order valence-corrected chi connectivity index (χ2v) is 5.12. The van der Waals surface area contributed by atoms with Crippen LogP contribution in [0.25, 0.3) is 0 Å². The highest BCUT2D eigenvalue weighted by Gasteiger charge is 2.12. The van der Waals surface area contributed by atoms with Crippen molar-refractivity contribution in [3.8, 4) is 0 Å². The van der Waals surface area contributed by atoms with Crippen LogP contribution in [0.2, 0.25) is 0 Å². The lowest BCUT2D eigenvalue weighted by molar-refractivity contribution is -0.418. The summed E-state index contributed by atoms with van der Waals surface area (Å²) in [4.78, 5) is 11.1. The molecule has 0 atom stereocenters. The third-order valence-corrected chi connectivity index (χ3v) is 3.75. The van der Waals surface area contributed by atoms with Gasteiger partial charge in [-0.15, -0.1) is 11.8 Å². The van der Waals surface area contributed by atoms with E-state index in [1.165, 1.54) is 0 Å². The summed E-state index contributed by atoms with van der Waals surface area (Å²) in [6.07, 6.45) is 7.51. The highest BCUT2D eigenvalue weighted by molar-refractivity contribution is 9.11. The number of rotatable bonds is 6. The number of nitrogens with zero attached hydrogens (tertiary/aromatic N) is 1. The zero-order valence-electron chi connectivity index (χ0n) is 10.7. The largest absolute Gasteiger partial charge is 0.276 e. The van der Waals surface area contributed by atoms with Crippen LogP contribution >= 0.6 is 27.7 Å². The van der Waals surface area contributed by atoms with Crippen LogP contribution in [0.1, 0.15) is 13.8 Å². The van der Waals surface area contributed by atoms with E-state index in [1.54, 1.807) is 17.8 Å². The van der Waals surface area contributed by atoms with Crippen LogP contribution in [-0.4, -0.2) is 11.2 Å². The first-order chi connectivity index (χ1) is 8.34. The minimum Gasteiger partial charge on any atom is -0.258 e. The van der Waals surface area contributed by atoms with Crippen LogP contribution < -0.4 is 0 Å². The molecule has 98 valence electrons. The number of thioether (sulfide) groups is 1. The number of halogens is 1. The standard InChI is InChI=1S/C13H16BrNO2S/c1-6-7-13(18-5)10(3)9(2)8-12(14)11(4)15(16)17/h6-8H,2,4H2,1,3,5H3/b7-6-,12-8+,13-10-. The molecule has 0 saturated carbocycles. The topological polar surface area (TPSA) is 43.1 Å². The fourth-order valence-corrected chi connectivity index (χ4v) is 2.22. The Morgan fingerprint density at radius 3 is 2.39 bits per heavy atom. The Hall–Kier alpha value is -1.07. The fourth-order valence-electron chi connectivity index (χ4n) is 1.09. The first-order valence-corrected chi connectivity index (χ1v) is 7.14. The highest BCUT2D eigenvalue weighted by Crippen LogP contribution is 2.26. The van der Waals surface area contributed by atoms with Gasteiger partial charge in [0.25, 0.3) is 5.70 Å². The normalized spacial score (nSPS) is 13.4. The molecule has 0 N–H and O–H groups in total. The Balaban J connectivity index is 5.25. The van der Waals surface area contributed by atoms with Crippen molar-refractivity contribution in [2.45, 2.75) is 13.8 Å². The second-order valence-electron chi connectivity index (χ2n) is 3.41. The summed E-state index contributed by atoms with van der Waals surface area (Å²) in [5.74, 6) is 0. The van der Waals surface area contributed by atoms with Crippen molar-refractivity contribution in [3.63, 3.8) is 0 Å². The van der Waals surface area contributed by atoms with E-state index in [4.69, 9.17) is 0 Å². The summed E-state index contributed by atoms with van der Waals surface area (Å²) >= 11 is 4.74. The molecule has 0 amide bonds. The van der Waals surface area contributed by atoms with Crippen molar-refractivity contribution in [2.24, 2.45) is 0 Å². The quantitative estimate of drug-likeness (QED) is 0.398. The lowest BCUT2D eigenvalue weighted by Gasteiger charge is -2.06. The van der Waals surface area contributed by atoms with Crippen molar-refractivity contribution in [1.82, 2.24) is 0 Å². The molecule has 0 fully saturated rings. The number of nitro groups is 1. The maximum atomic E-state index is 10.6. The van der Waals surface area contributed by atoms with E-state index in [9.17, 15) is 10.1 Å². The minimum absolute atomic E-state index is 0.180. The van der Waals surface area contributed by atoms with E-state index in [1.807, 2.05) is 32.3 Å². The van der Waals surface area contributed by atoms with Gasteiger partial charge in [0.15, 0.2) is 0 Å². The number of hydrogen-bond acceptors (Lipinski definition) is 3. The van der Waals surface area contributed by atoms with Crippen molar-refractivity contribution in [2.75, 3.05) is 6.26 Å². The number of allylic oxidation sites excluding steroid dienone is 6. The Morgan fingerprint density at radius 2 is 2.00 bits per heavy atom. The first-order valence-electron chi connectivity index (χ1n) is 5.12. The second kappa shape index (κ2) is 8.11. The van der Waals surface area contributed by atoms with E-state index in [0.29, 0.717) is 10.1 Å². The molecule has 3 nitrogen and oxygen atoms in total. The van der Waals surface area contributed by atoms with Crippen LogP contribution in [-0.2, 0) is 0 Å².